The SMILES string of the molecule is CC(C)(C)c1[nH]cnc1/C=c1\[nH]c(=O)c(=CC2CCCCC2)[nH]c1=O. The van der Waals surface area contributed by atoms with E-state index in [-0.39, 0.29) is 21.9 Å². The minimum Gasteiger partial charge on any atom is -0.348 e. The summed E-state index contributed by atoms with van der Waals surface area (Å²) in [5.41, 5.74) is 0.890. The smallest absolute Gasteiger partial charge is 0.272 e. The van der Waals surface area contributed by atoms with Gasteiger partial charge in [-0.15, -0.1) is 0 Å². The first-order valence-electron chi connectivity index (χ1n) is 8.94. The number of hydrogen-bond acceptors (Lipinski definition) is 3. The highest BCUT2D eigenvalue weighted by molar-refractivity contribution is 5.48. The lowest BCUT2D eigenvalue weighted by molar-refractivity contribution is 0.435. The van der Waals surface area contributed by atoms with Gasteiger partial charge in [-0.1, -0.05) is 46.1 Å². The molecule has 25 heavy (non-hydrogen) atoms. The topological polar surface area (TPSA) is 94.4 Å². The molecule has 0 aliphatic heterocycles. The molecular formula is C19H26N4O2. The zero-order valence-electron chi connectivity index (χ0n) is 15.1. The van der Waals surface area contributed by atoms with Gasteiger partial charge in [-0.25, -0.2) is 4.98 Å². The Hall–Kier alpha value is -2.37. The second-order valence-electron chi connectivity index (χ2n) is 7.86. The maximum Gasteiger partial charge on any atom is 0.272 e. The van der Waals surface area contributed by atoms with Crippen molar-refractivity contribution >= 4 is 12.2 Å². The third kappa shape index (κ3) is 4.00. The summed E-state index contributed by atoms with van der Waals surface area (Å²) in [6.07, 6.45) is 10.9. The molecule has 1 fully saturated rings. The van der Waals surface area contributed by atoms with E-state index in [4.69, 9.17) is 0 Å². The van der Waals surface area contributed by atoms with Crippen molar-refractivity contribution in [2.75, 3.05) is 0 Å². The van der Waals surface area contributed by atoms with E-state index in [1.165, 1.54) is 19.3 Å². The van der Waals surface area contributed by atoms with Crippen molar-refractivity contribution in [1.82, 2.24) is 19.9 Å². The standard InChI is InChI=1S/C19H26N4O2/c1-19(2,3)16-13(20-11-21-16)10-15-18(25)22-14(17(24)23-15)9-12-7-5-4-6-8-12/h9-12H,4-8H2,1-3H3,(H,20,21)(H,22,25)(H,23,24)/b14-9?,15-10-. The van der Waals surface area contributed by atoms with Crippen molar-refractivity contribution in [1.29, 1.82) is 0 Å². The van der Waals surface area contributed by atoms with Crippen LogP contribution in [0.1, 0.15) is 64.3 Å². The van der Waals surface area contributed by atoms with Crippen LogP contribution >= 0.6 is 0 Å². The molecule has 6 heteroatoms. The Kier molecular flexibility index (Phi) is 4.79. The van der Waals surface area contributed by atoms with Gasteiger partial charge < -0.3 is 15.0 Å². The Balaban J connectivity index is 2.04. The van der Waals surface area contributed by atoms with E-state index in [1.54, 1.807) is 12.4 Å². The van der Waals surface area contributed by atoms with Gasteiger partial charge in [0.15, 0.2) is 0 Å². The molecule has 0 bridgehead atoms. The van der Waals surface area contributed by atoms with Crippen LogP contribution in [0.4, 0.5) is 0 Å². The van der Waals surface area contributed by atoms with Crippen LogP contribution in [0.2, 0.25) is 0 Å². The molecule has 134 valence electrons. The molecule has 0 aromatic carbocycles. The van der Waals surface area contributed by atoms with Gasteiger partial charge in [-0.05, 0) is 24.8 Å². The van der Waals surface area contributed by atoms with Crippen molar-refractivity contribution in [3.8, 4) is 0 Å². The van der Waals surface area contributed by atoms with Gasteiger partial charge in [0.05, 0.1) is 12.0 Å². The molecule has 0 atom stereocenters. The first kappa shape index (κ1) is 17.5. The average molecular weight is 342 g/mol. The van der Waals surface area contributed by atoms with Crippen molar-refractivity contribution in [2.45, 2.75) is 58.3 Å². The molecule has 0 spiro atoms. The Morgan fingerprint density at radius 2 is 1.68 bits per heavy atom. The summed E-state index contributed by atoms with van der Waals surface area (Å²) in [6.45, 7) is 6.19. The summed E-state index contributed by atoms with van der Waals surface area (Å²) in [5, 5.41) is 0.593. The highest BCUT2D eigenvalue weighted by Gasteiger charge is 2.19. The second kappa shape index (κ2) is 6.86. The summed E-state index contributed by atoms with van der Waals surface area (Å²) >= 11 is 0. The van der Waals surface area contributed by atoms with Crippen LogP contribution in [0, 0.1) is 5.92 Å². The quantitative estimate of drug-likeness (QED) is 0.767. The molecule has 2 aromatic heterocycles. The number of aromatic amines is 3. The van der Waals surface area contributed by atoms with Crippen LogP contribution in [-0.4, -0.2) is 19.9 Å². The van der Waals surface area contributed by atoms with Gasteiger partial charge in [0.1, 0.15) is 10.7 Å². The maximum atomic E-state index is 12.4. The maximum absolute atomic E-state index is 12.4. The van der Waals surface area contributed by atoms with Crippen LogP contribution in [0.3, 0.4) is 0 Å². The fraction of sp³-hybridized carbons (Fsp3) is 0.526. The molecule has 3 N–H and O–H groups in total. The van der Waals surface area contributed by atoms with Gasteiger partial charge in [0.25, 0.3) is 11.1 Å². The molecule has 6 nitrogen and oxygen atoms in total. The summed E-state index contributed by atoms with van der Waals surface area (Å²) < 4.78 is 0. The fourth-order valence-electron chi connectivity index (χ4n) is 3.40. The molecule has 2 aromatic rings. The largest absolute Gasteiger partial charge is 0.348 e. The number of nitrogens with one attached hydrogen (secondary N) is 3. The van der Waals surface area contributed by atoms with Crippen molar-refractivity contribution in [2.24, 2.45) is 5.92 Å². The van der Waals surface area contributed by atoms with Crippen molar-refractivity contribution < 1.29 is 0 Å². The predicted molar refractivity (Wildman–Crippen MR) is 98.8 cm³/mol. The lowest BCUT2D eigenvalue weighted by Gasteiger charge is -2.17. The molecule has 1 aliphatic rings. The number of rotatable bonds is 2. The van der Waals surface area contributed by atoms with Gasteiger partial charge in [-0.2, -0.15) is 0 Å². The first-order chi connectivity index (χ1) is 11.8. The number of H-pyrrole nitrogens is 3. The molecule has 0 radical (unpaired) electrons. The zero-order valence-corrected chi connectivity index (χ0v) is 15.1. The molecule has 3 rings (SSSR count). The summed E-state index contributed by atoms with van der Waals surface area (Å²) in [4.78, 5) is 37.6. The number of imidazole rings is 1. The monoisotopic (exact) mass is 342 g/mol. The van der Waals surface area contributed by atoms with Crippen LogP contribution in [0.25, 0.3) is 12.2 Å². The number of hydrogen-bond donors (Lipinski definition) is 3. The highest BCUT2D eigenvalue weighted by Crippen LogP contribution is 2.24. The Morgan fingerprint density at radius 1 is 1.04 bits per heavy atom. The second-order valence-corrected chi connectivity index (χ2v) is 7.86. The van der Waals surface area contributed by atoms with Gasteiger partial charge in [-0.3, -0.25) is 9.59 Å². The van der Waals surface area contributed by atoms with E-state index >= 15 is 0 Å². The van der Waals surface area contributed by atoms with E-state index in [9.17, 15) is 9.59 Å². The molecule has 2 heterocycles. The van der Waals surface area contributed by atoms with Crippen LogP contribution < -0.4 is 21.8 Å². The molecular weight excluding hydrogens is 316 g/mol. The van der Waals surface area contributed by atoms with E-state index < -0.39 is 0 Å². The van der Waals surface area contributed by atoms with E-state index in [1.807, 2.05) is 6.08 Å². The summed E-state index contributed by atoms with van der Waals surface area (Å²) in [6, 6.07) is 0. The summed E-state index contributed by atoms with van der Waals surface area (Å²) in [5.74, 6) is 0.374. The zero-order chi connectivity index (χ0) is 18.0. The molecule has 0 amide bonds. The average Bonchev–Trinajstić information content (AvgIpc) is 3.02. The Bertz CT molecular complexity index is 966. The van der Waals surface area contributed by atoms with Crippen LogP contribution in [0.5, 0.6) is 0 Å². The van der Waals surface area contributed by atoms with E-state index in [2.05, 4.69) is 40.7 Å². The van der Waals surface area contributed by atoms with Crippen LogP contribution in [0.15, 0.2) is 15.9 Å². The fourth-order valence-corrected chi connectivity index (χ4v) is 3.40. The first-order valence-corrected chi connectivity index (χ1v) is 8.94. The minimum absolute atomic E-state index is 0.135. The van der Waals surface area contributed by atoms with Gasteiger partial charge in [0, 0.05) is 11.1 Å². The normalized spacial score (nSPS) is 18.0. The predicted octanol–water partition coefficient (Wildman–Crippen LogP) is 1.27. The van der Waals surface area contributed by atoms with Crippen molar-refractivity contribution in [3.05, 3.63) is 49.1 Å². The lowest BCUT2D eigenvalue weighted by atomic mass is 9.89. The Labute approximate surface area is 146 Å². The number of nitrogens with zero attached hydrogens (tertiary/aromatic N) is 1. The third-order valence-corrected chi connectivity index (χ3v) is 4.74. The Morgan fingerprint density at radius 3 is 2.36 bits per heavy atom. The van der Waals surface area contributed by atoms with Crippen molar-refractivity contribution in [3.63, 3.8) is 0 Å². The van der Waals surface area contributed by atoms with Gasteiger partial charge in [0.2, 0.25) is 0 Å². The molecule has 0 saturated heterocycles. The van der Waals surface area contributed by atoms with E-state index in [0.717, 1.165) is 18.5 Å². The lowest BCUT2D eigenvalue weighted by Crippen LogP contribution is -2.47. The molecule has 0 unspecified atom stereocenters. The third-order valence-electron chi connectivity index (χ3n) is 4.74. The van der Waals surface area contributed by atoms with Crippen LogP contribution in [-0.2, 0) is 5.41 Å². The molecule has 1 aliphatic carbocycles. The molecule has 1 saturated carbocycles. The van der Waals surface area contributed by atoms with E-state index in [0.29, 0.717) is 17.0 Å². The number of aromatic nitrogens is 4. The highest BCUT2D eigenvalue weighted by atomic mass is 16.1. The van der Waals surface area contributed by atoms with Gasteiger partial charge >= 0.3 is 0 Å². The summed E-state index contributed by atoms with van der Waals surface area (Å²) in [7, 11) is 0. The minimum atomic E-state index is -0.301.